The van der Waals surface area contributed by atoms with E-state index in [1.54, 1.807) is 0 Å². The minimum absolute atomic E-state index is 0.0598. The zero-order valence-electron chi connectivity index (χ0n) is 11.3. The van der Waals surface area contributed by atoms with Gasteiger partial charge in [-0.25, -0.2) is 13.6 Å². The summed E-state index contributed by atoms with van der Waals surface area (Å²) >= 11 is 0. The molecule has 1 heterocycles. The molecule has 1 aliphatic rings. The highest BCUT2D eigenvalue weighted by Gasteiger charge is 2.27. The van der Waals surface area contributed by atoms with Crippen molar-refractivity contribution in [2.24, 2.45) is 5.92 Å². The van der Waals surface area contributed by atoms with Crippen molar-refractivity contribution in [1.82, 2.24) is 10.2 Å². The molecule has 1 atom stereocenters. The Balaban J connectivity index is 1.89. The Labute approximate surface area is 120 Å². The Morgan fingerprint density at radius 2 is 2.10 bits per heavy atom. The van der Waals surface area contributed by atoms with E-state index in [4.69, 9.17) is 5.11 Å². The summed E-state index contributed by atoms with van der Waals surface area (Å²) in [4.78, 5) is 24.3. The van der Waals surface area contributed by atoms with Gasteiger partial charge in [0.05, 0.1) is 5.92 Å². The van der Waals surface area contributed by atoms with Crippen molar-refractivity contribution >= 4 is 12.0 Å². The molecule has 1 fully saturated rings. The smallest absolute Gasteiger partial charge is 0.317 e. The van der Waals surface area contributed by atoms with E-state index in [2.05, 4.69) is 5.32 Å². The average molecular weight is 298 g/mol. The van der Waals surface area contributed by atoms with Gasteiger partial charge in [0, 0.05) is 19.6 Å². The molecule has 0 radical (unpaired) electrons. The Hall–Kier alpha value is -2.18. The Morgan fingerprint density at radius 3 is 2.76 bits per heavy atom. The number of nitrogens with zero attached hydrogens (tertiary/aromatic N) is 1. The van der Waals surface area contributed by atoms with Gasteiger partial charge >= 0.3 is 12.0 Å². The molecule has 7 heteroatoms. The maximum absolute atomic E-state index is 13.0. The highest BCUT2D eigenvalue weighted by molar-refractivity contribution is 5.76. The lowest BCUT2D eigenvalue weighted by Crippen LogP contribution is -2.46. The number of nitrogens with one attached hydrogen (secondary N) is 1. The summed E-state index contributed by atoms with van der Waals surface area (Å²) in [5.41, 5.74) is 0.439. The quantitative estimate of drug-likeness (QED) is 0.896. The highest BCUT2D eigenvalue weighted by atomic mass is 19.2. The normalized spacial score (nSPS) is 18.4. The third-order valence-corrected chi connectivity index (χ3v) is 3.49. The van der Waals surface area contributed by atoms with E-state index < -0.39 is 29.6 Å². The van der Waals surface area contributed by atoms with Crippen LogP contribution in [0.4, 0.5) is 13.6 Å². The van der Waals surface area contributed by atoms with Gasteiger partial charge in [0.2, 0.25) is 0 Å². The molecule has 1 saturated heterocycles. The van der Waals surface area contributed by atoms with Crippen molar-refractivity contribution in [3.8, 4) is 0 Å². The van der Waals surface area contributed by atoms with E-state index in [0.717, 1.165) is 12.1 Å². The highest BCUT2D eigenvalue weighted by Crippen LogP contribution is 2.16. The molecule has 0 aromatic heterocycles. The number of amides is 2. The standard InChI is InChI=1S/C14H16F2N2O3/c15-11-4-3-9(6-12(11)16)7-17-14(21)18-5-1-2-10(8-18)13(19)20/h3-4,6,10H,1-2,5,7-8H2,(H,17,21)(H,19,20)/t10-/m0/s1. The Morgan fingerprint density at radius 1 is 1.33 bits per heavy atom. The third kappa shape index (κ3) is 3.90. The SMILES string of the molecule is O=C(O)[C@H]1CCCN(C(=O)NCc2ccc(F)c(F)c2)C1. The number of likely N-dealkylation sites (tertiary alicyclic amines) is 1. The van der Waals surface area contributed by atoms with E-state index >= 15 is 0 Å². The molecule has 114 valence electrons. The van der Waals surface area contributed by atoms with E-state index in [9.17, 15) is 18.4 Å². The van der Waals surface area contributed by atoms with Gasteiger partial charge in [-0.05, 0) is 30.5 Å². The van der Waals surface area contributed by atoms with Crippen LogP contribution >= 0.6 is 0 Å². The number of urea groups is 1. The van der Waals surface area contributed by atoms with Crippen molar-refractivity contribution in [2.75, 3.05) is 13.1 Å². The molecule has 5 nitrogen and oxygen atoms in total. The van der Waals surface area contributed by atoms with Crippen LogP contribution in [0.1, 0.15) is 18.4 Å². The number of carbonyl (C=O) groups excluding carboxylic acids is 1. The van der Waals surface area contributed by atoms with Gasteiger partial charge in [-0.3, -0.25) is 4.79 Å². The molecule has 0 saturated carbocycles. The molecule has 21 heavy (non-hydrogen) atoms. The summed E-state index contributed by atoms with van der Waals surface area (Å²) < 4.78 is 25.8. The molecular weight excluding hydrogens is 282 g/mol. The molecule has 2 rings (SSSR count). The number of aliphatic carboxylic acids is 1. The first-order valence-corrected chi connectivity index (χ1v) is 6.67. The van der Waals surface area contributed by atoms with Crippen LogP contribution in [0.3, 0.4) is 0 Å². The fraction of sp³-hybridized carbons (Fsp3) is 0.429. The summed E-state index contributed by atoms with van der Waals surface area (Å²) in [5.74, 6) is -3.36. The molecule has 0 bridgehead atoms. The minimum atomic E-state index is -0.967. The summed E-state index contributed by atoms with van der Waals surface area (Å²) in [5, 5.41) is 11.5. The van der Waals surface area contributed by atoms with Crippen molar-refractivity contribution in [3.05, 3.63) is 35.4 Å². The van der Waals surface area contributed by atoms with E-state index in [1.807, 2.05) is 0 Å². The first kappa shape index (κ1) is 15.2. The summed E-state index contributed by atoms with van der Waals surface area (Å²) in [6.45, 7) is 0.719. The van der Waals surface area contributed by atoms with Crippen molar-refractivity contribution in [3.63, 3.8) is 0 Å². The van der Waals surface area contributed by atoms with Gasteiger partial charge in [0.1, 0.15) is 0 Å². The number of piperidine rings is 1. The Kier molecular flexibility index (Phi) is 4.72. The lowest BCUT2D eigenvalue weighted by Gasteiger charge is -2.30. The number of halogens is 2. The van der Waals surface area contributed by atoms with Crippen LogP contribution in [-0.4, -0.2) is 35.1 Å². The zero-order chi connectivity index (χ0) is 15.4. The van der Waals surface area contributed by atoms with Gasteiger partial charge in [-0.2, -0.15) is 0 Å². The second-order valence-electron chi connectivity index (χ2n) is 5.03. The van der Waals surface area contributed by atoms with Crippen LogP contribution < -0.4 is 5.32 Å². The number of carboxylic acids is 1. The first-order chi connectivity index (χ1) is 9.97. The van der Waals surface area contributed by atoms with Crippen LogP contribution in [0.5, 0.6) is 0 Å². The van der Waals surface area contributed by atoms with Crippen LogP contribution in [-0.2, 0) is 11.3 Å². The lowest BCUT2D eigenvalue weighted by molar-refractivity contribution is -0.143. The number of hydrogen-bond acceptors (Lipinski definition) is 2. The molecular formula is C14H16F2N2O3. The number of benzene rings is 1. The number of rotatable bonds is 3. The summed E-state index contributed by atoms with van der Waals surface area (Å²) in [6.07, 6.45) is 1.19. The van der Waals surface area contributed by atoms with Gasteiger partial charge in [-0.15, -0.1) is 0 Å². The van der Waals surface area contributed by atoms with Crippen LogP contribution in [0.15, 0.2) is 18.2 Å². The van der Waals surface area contributed by atoms with Gasteiger partial charge in [0.15, 0.2) is 11.6 Å². The van der Waals surface area contributed by atoms with Gasteiger partial charge in [-0.1, -0.05) is 6.07 Å². The molecule has 1 aliphatic heterocycles. The van der Waals surface area contributed by atoms with Crippen LogP contribution in [0.2, 0.25) is 0 Å². The van der Waals surface area contributed by atoms with E-state index in [-0.39, 0.29) is 13.1 Å². The number of hydrogen-bond donors (Lipinski definition) is 2. The summed E-state index contributed by atoms with van der Waals surface area (Å²) in [7, 11) is 0. The second kappa shape index (κ2) is 6.51. The fourth-order valence-corrected chi connectivity index (χ4v) is 2.30. The maximum Gasteiger partial charge on any atom is 0.317 e. The Bertz CT molecular complexity index is 551. The van der Waals surface area contributed by atoms with Crippen LogP contribution in [0.25, 0.3) is 0 Å². The molecule has 2 amide bonds. The number of carbonyl (C=O) groups is 2. The fourth-order valence-electron chi connectivity index (χ4n) is 2.30. The molecule has 1 aromatic carbocycles. The largest absolute Gasteiger partial charge is 0.481 e. The van der Waals surface area contributed by atoms with E-state index in [1.165, 1.54) is 11.0 Å². The van der Waals surface area contributed by atoms with Crippen LogP contribution in [0, 0.1) is 17.6 Å². The molecule has 0 unspecified atom stereocenters. The second-order valence-corrected chi connectivity index (χ2v) is 5.03. The van der Waals surface area contributed by atoms with Gasteiger partial charge < -0.3 is 15.3 Å². The molecule has 0 spiro atoms. The number of carboxylic acid groups (broad SMARTS) is 1. The predicted molar refractivity (Wildman–Crippen MR) is 70.5 cm³/mol. The predicted octanol–water partition coefficient (Wildman–Crippen LogP) is 1.97. The van der Waals surface area contributed by atoms with Crippen molar-refractivity contribution < 1.29 is 23.5 Å². The lowest BCUT2D eigenvalue weighted by atomic mass is 9.99. The van der Waals surface area contributed by atoms with E-state index in [0.29, 0.717) is 24.9 Å². The zero-order valence-corrected chi connectivity index (χ0v) is 11.3. The van der Waals surface area contributed by atoms with Crippen molar-refractivity contribution in [2.45, 2.75) is 19.4 Å². The third-order valence-electron chi connectivity index (χ3n) is 3.49. The summed E-state index contributed by atoms with van der Waals surface area (Å²) in [6, 6.07) is 3.00. The first-order valence-electron chi connectivity index (χ1n) is 6.67. The minimum Gasteiger partial charge on any atom is -0.481 e. The topological polar surface area (TPSA) is 69.6 Å². The van der Waals surface area contributed by atoms with Gasteiger partial charge in [0.25, 0.3) is 0 Å². The average Bonchev–Trinajstić information content (AvgIpc) is 2.48. The maximum atomic E-state index is 13.0. The molecule has 2 N–H and O–H groups in total. The molecule has 0 aliphatic carbocycles. The van der Waals surface area contributed by atoms with Crippen molar-refractivity contribution in [1.29, 1.82) is 0 Å². The monoisotopic (exact) mass is 298 g/mol. The molecule has 1 aromatic rings.